The van der Waals surface area contributed by atoms with E-state index in [9.17, 15) is 13.2 Å². The van der Waals surface area contributed by atoms with E-state index in [0.717, 1.165) is 35.0 Å². The molecule has 0 bridgehead atoms. The Labute approximate surface area is 281 Å². The molecule has 0 unspecified atom stereocenters. The monoisotopic (exact) mass is 654 g/mol. The summed E-state index contributed by atoms with van der Waals surface area (Å²) in [6.45, 7) is 9.84. The second-order valence-corrected chi connectivity index (χ2v) is 15.0. The predicted molar refractivity (Wildman–Crippen MR) is 196 cm³/mol. The molecule has 0 saturated carbocycles. The maximum atomic E-state index is 14.2. The van der Waals surface area contributed by atoms with E-state index in [2.05, 4.69) is 81.1 Å². The Morgan fingerprint density at radius 3 is 2.21 bits per heavy atom. The van der Waals surface area contributed by atoms with Crippen molar-refractivity contribution >= 4 is 54.6 Å². The fourth-order valence-electron chi connectivity index (χ4n) is 6.89. The Balaban J connectivity index is 1.37. The Morgan fingerprint density at radius 2 is 1.50 bits per heavy atom. The van der Waals surface area contributed by atoms with Crippen LogP contribution in [0.3, 0.4) is 0 Å². The van der Waals surface area contributed by atoms with E-state index in [1.54, 1.807) is 12.1 Å². The minimum absolute atomic E-state index is 0.0332. The molecule has 2 N–H and O–H groups in total. The number of benzene rings is 5. The van der Waals surface area contributed by atoms with Gasteiger partial charge in [-0.15, -0.1) is 0 Å². The molecule has 7 nitrogen and oxygen atoms in total. The van der Waals surface area contributed by atoms with E-state index in [1.165, 1.54) is 39.2 Å². The van der Waals surface area contributed by atoms with Crippen molar-refractivity contribution in [3.63, 3.8) is 0 Å². The molecule has 48 heavy (non-hydrogen) atoms. The van der Waals surface area contributed by atoms with Crippen LogP contribution in [0.25, 0.3) is 21.5 Å². The molecule has 0 atom stereocenters. The number of allylic oxidation sites excluding steroid dienone is 3. The SMILES string of the molecule is CC(C)CCN1/C(=C/C=C2\C(=O)N(c3ccc(S(N)(=O)=O)cc3)N=C2c2ccc3ccccc3c2)C(C)(C)c2c1ccc1ccccc21. The topological polar surface area (TPSA) is 96.1 Å². The number of anilines is 2. The average Bonchev–Trinajstić information content (AvgIpc) is 3.51. The smallest absolute Gasteiger partial charge is 0.281 e. The number of primary sulfonamides is 1. The third kappa shape index (κ3) is 5.51. The first-order chi connectivity index (χ1) is 22.9. The summed E-state index contributed by atoms with van der Waals surface area (Å²) in [5.41, 5.74) is 5.51. The zero-order valence-corrected chi connectivity index (χ0v) is 28.3. The van der Waals surface area contributed by atoms with Gasteiger partial charge in [-0.1, -0.05) is 94.4 Å². The number of sulfonamides is 1. The fraction of sp³-hybridized carbons (Fsp3) is 0.200. The number of amides is 1. The van der Waals surface area contributed by atoms with Gasteiger partial charge in [0, 0.05) is 28.9 Å². The van der Waals surface area contributed by atoms with Crippen LogP contribution in [0.5, 0.6) is 0 Å². The van der Waals surface area contributed by atoms with E-state index < -0.39 is 10.0 Å². The number of carbonyl (C=O) groups is 1. The van der Waals surface area contributed by atoms with Gasteiger partial charge in [-0.25, -0.2) is 13.6 Å². The zero-order valence-electron chi connectivity index (χ0n) is 27.5. The summed E-state index contributed by atoms with van der Waals surface area (Å²) in [7, 11) is -3.89. The fourth-order valence-corrected chi connectivity index (χ4v) is 7.41. The summed E-state index contributed by atoms with van der Waals surface area (Å²) in [4.78, 5) is 16.6. The third-order valence-corrected chi connectivity index (χ3v) is 10.3. The van der Waals surface area contributed by atoms with Crippen LogP contribution in [-0.4, -0.2) is 26.6 Å². The van der Waals surface area contributed by atoms with E-state index in [4.69, 9.17) is 10.2 Å². The van der Waals surface area contributed by atoms with Gasteiger partial charge < -0.3 is 4.90 Å². The third-order valence-electron chi connectivity index (χ3n) is 9.40. The molecule has 2 aliphatic rings. The van der Waals surface area contributed by atoms with Crippen molar-refractivity contribution in [2.24, 2.45) is 16.2 Å². The largest absolute Gasteiger partial charge is 0.344 e. The first-order valence-electron chi connectivity index (χ1n) is 16.2. The van der Waals surface area contributed by atoms with Crippen LogP contribution in [0.2, 0.25) is 0 Å². The van der Waals surface area contributed by atoms with E-state index in [-0.39, 0.29) is 16.2 Å². The van der Waals surface area contributed by atoms with E-state index in [1.807, 2.05) is 42.5 Å². The zero-order chi connectivity index (χ0) is 33.8. The van der Waals surface area contributed by atoms with Gasteiger partial charge in [0.25, 0.3) is 5.91 Å². The second kappa shape index (κ2) is 11.9. The maximum Gasteiger partial charge on any atom is 0.281 e. The Kier molecular flexibility index (Phi) is 7.81. The lowest BCUT2D eigenvalue weighted by Crippen LogP contribution is -2.28. The highest BCUT2D eigenvalue weighted by molar-refractivity contribution is 7.89. The van der Waals surface area contributed by atoms with Crippen LogP contribution in [-0.2, 0) is 20.2 Å². The molecule has 0 fully saturated rings. The van der Waals surface area contributed by atoms with Gasteiger partial charge in [0.15, 0.2) is 0 Å². The number of nitrogens with zero attached hydrogens (tertiary/aromatic N) is 3. The Morgan fingerprint density at radius 1 is 0.833 bits per heavy atom. The highest BCUT2D eigenvalue weighted by Crippen LogP contribution is 2.51. The maximum absolute atomic E-state index is 14.2. The van der Waals surface area contributed by atoms with Gasteiger partial charge in [-0.05, 0) is 88.0 Å². The van der Waals surface area contributed by atoms with Gasteiger partial charge >= 0.3 is 0 Å². The van der Waals surface area contributed by atoms with Crippen LogP contribution >= 0.6 is 0 Å². The molecule has 2 heterocycles. The molecule has 242 valence electrons. The first-order valence-corrected chi connectivity index (χ1v) is 17.8. The van der Waals surface area contributed by atoms with Crippen molar-refractivity contribution in [3.8, 4) is 0 Å². The van der Waals surface area contributed by atoms with Crippen molar-refractivity contribution in [1.29, 1.82) is 0 Å². The van der Waals surface area contributed by atoms with Crippen LogP contribution in [0.1, 0.15) is 45.2 Å². The molecular weight excluding hydrogens is 617 g/mol. The van der Waals surface area contributed by atoms with Gasteiger partial charge in [-0.2, -0.15) is 10.1 Å². The standard InChI is InChI=1S/C40H38N4O3S/c1-26(2)23-24-43-35-21-15-28-10-7-8-12-33(28)37(35)40(3,4)36(43)22-20-34-38(30-14-13-27-9-5-6-11-29(27)25-30)42-44(39(34)45)31-16-18-32(19-17-31)48(41,46)47/h5-22,25-26H,23-24H2,1-4H3,(H2,41,46,47)/b34-20-,36-22+. The van der Waals surface area contributed by atoms with Gasteiger partial charge in [-0.3, -0.25) is 4.79 Å². The molecule has 5 aromatic rings. The van der Waals surface area contributed by atoms with Gasteiger partial charge in [0.1, 0.15) is 5.71 Å². The number of nitrogens with two attached hydrogens (primary N) is 1. The number of hydrazone groups is 1. The summed E-state index contributed by atoms with van der Waals surface area (Å²) in [6, 6.07) is 33.0. The summed E-state index contributed by atoms with van der Waals surface area (Å²) < 4.78 is 23.8. The number of carbonyl (C=O) groups excluding carboxylic acids is 1. The highest BCUT2D eigenvalue weighted by atomic mass is 32.2. The Bertz CT molecular complexity index is 2300. The van der Waals surface area contributed by atoms with Crippen molar-refractivity contribution < 1.29 is 13.2 Å². The average molecular weight is 655 g/mol. The first kappa shape index (κ1) is 31.5. The van der Waals surface area contributed by atoms with Crippen molar-refractivity contribution in [1.82, 2.24) is 0 Å². The molecule has 5 aromatic carbocycles. The minimum Gasteiger partial charge on any atom is -0.344 e. The van der Waals surface area contributed by atoms with E-state index >= 15 is 0 Å². The molecule has 7 rings (SSSR count). The second-order valence-electron chi connectivity index (χ2n) is 13.4. The minimum atomic E-state index is -3.89. The number of rotatable bonds is 7. The number of fused-ring (bicyclic) bond motifs is 4. The highest BCUT2D eigenvalue weighted by Gasteiger charge is 2.41. The van der Waals surface area contributed by atoms with Crippen LogP contribution in [0.4, 0.5) is 11.4 Å². The van der Waals surface area contributed by atoms with Crippen LogP contribution in [0, 0.1) is 5.92 Å². The molecule has 0 aliphatic carbocycles. The van der Waals surface area contributed by atoms with Crippen LogP contribution in [0.15, 0.2) is 137 Å². The molecule has 0 aromatic heterocycles. The number of hydrogen-bond donors (Lipinski definition) is 1. The van der Waals surface area contributed by atoms with E-state index in [0.29, 0.717) is 22.9 Å². The summed E-state index contributed by atoms with van der Waals surface area (Å²) in [5, 5.41) is 16.1. The molecular formula is C40H38N4O3S. The molecule has 8 heteroatoms. The molecule has 0 saturated heterocycles. The quantitative estimate of drug-likeness (QED) is 0.180. The summed E-state index contributed by atoms with van der Waals surface area (Å²) in [6.07, 6.45) is 5.01. The number of hydrogen-bond acceptors (Lipinski definition) is 5. The molecule has 2 aliphatic heterocycles. The molecule has 0 spiro atoms. The lowest BCUT2D eigenvalue weighted by Gasteiger charge is -2.27. The lowest BCUT2D eigenvalue weighted by molar-refractivity contribution is -0.114. The van der Waals surface area contributed by atoms with Crippen molar-refractivity contribution in [2.45, 2.75) is 44.4 Å². The van der Waals surface area contributed by atoms with Gasteiger partial charge in [0.2, 0.25) is 10.0 Å². The normalized spacial score (nSPS) is 17.7. The van der Waals surface area contributed by atoms with Crippen molar-refractivity contribution in [2.75, 3.05) is 16.5 Å². The summed E-state index contributed by atoms with van der Waals surface area (Å²) in [5.74, 6) is 0.223. The lowest BCUT2D eigenvalue weighted by atomic mass is 9.81. The predicted octanol–water partition coefficient (Wildman–Crippen LogP) is 8.05. The van der Waals surface area contributed by atoms with Crippen LogP contribution < -0.4 is 15.0 Å². The van der Waals surface area contributed by atoms with Crippen molar-refractivity contribution in [3.05, 3.63) is 138 Å². The Hall–Kier alpha value is -5.05. The van der Waals surface area contributed by atoms with Gasteiger partial charge in [0.05, 0.1) is 16.2 Å². The summed E-state index contributed by atoms with van der Waals surface area (Å²) >= 11 is 0. The molecule has 0 radical (unpaired) electrons. The molecule has 1 amide bonds.